The Balaban J connectivity index is 1.80. The standard InChI is InChI=1S/C14H22ClN3/c1-11(2)10-18-7-4-12(5-8-18)17-13-3-6-16-14(15)9-13/h3,6,9,11-12H,4-5,7-8,10H2,1-2H3,(H,16,17). The quantitative estimate of drug-likeness (QED) is 0.849. The highest BCUT2D eigenvalue weighted by Crippen LogP contribution is 2.18. The van der Waals surface area contributed by atoms with Crippen molar-refractivity contribution in [1.29, 1.82) is 0 Å². The third-order valence-corrected chi connectivity index (χ3v) is 3.51. The van der Waals surface area contributed by atoms with Crippen molar-refractivity contribution in [2.24, 2.45) is 5.92 Å². The van der Waals surface area contributed by atoms with Crippen LogP contribution in [0.25, 0.3) is 0 Å². The number of pyridine rings is 1. The van der Waals surface area contributed by atoms with Gasteiger partial charge >= 0.3 is 0 Å². The molecule has 0 amide bonds. The summed E-state index contributed by atoms with van der Waals surface area (Å²) in [6, 6.07) is 4.43. The Hall–Kier alpha value is -0.800. The van der Waals surface area contributed by atoms with E-state index in [1.165, 1.54) is 32.5 Å². The second-order valence-electron chi connectivity index (χ2n) is 5.48. The molecule has 18 heavy (non-hydrogen) atoms. The van der Waals surface area contributed by atoms with Gasteiger partial charge < -0.3 is 10.2 Å². The largest absolute Gasteiger partial charge is 0.382 e. The number of likely N-dealkylation sites (tertiary alicyclic amines) is 1. The van der Waals surface area contributed by atoms with Crippen LogP contribution in [0.5, 0.6) is 0 Å². The first-order chi connectivity index (χ1) is 8.63. The molecular formula is C14H22ClN3. The lowest BCUT2D eigenvalue weighted by Crippen LogP contribution is -2.40. The number of aromatic nitrogens is 1. The normalized spacial score (nSPS) is 18.2. The number of hydrogen-bond donors (Lipinski definition) is 1. The summed E-state index contributed by atoms with van der Waals surface area (Å²) < 4.78 is 0. The van der Waals surface area contributed by atoms with Crippen LogP contribution in [0, 0.1) is 5.92 Å². The molecule has 1 aliphatic heterocycles. The molecule has 0 atom stereocenters. The number of nitrogens with one attached hydrogen (secondary N) is 1. The van der Waals surface area contributed by atoms with E-state index in [-0.39, 0.29) is 0 Å². The lowest BCUT2D eigenvalue weighted by Gasteiger charge is -2.33. The molecule has 0 spiro atoms. The first kappa shape index (κ1) is 13.6. The van der Waals surface area contributed by atoms with Gasteiger partial charge in [0.15, 0.2) is 0 Å². The van der Waals surface area contributed by atoms with Gasteiger partial charge in [-0.05, 0) is 30.9 Å². The van der Waals surface area contributed by atoms with E-state index >= 15 is 0 Å². The molecule has 2 rings (SSSR count). The Bertz CT molecular complexity index is 373. The Morgan fingerprint density at radius 1 is 1.44 bits per heavy atom. The van der Waals surface area contributed by atoms with Gasteiger partial charge in [-0.25, -0.2) is 4.98 Å². The highest BCUT2D eigenvalue weighted by Gasteiger charge is 2.19. The lowest BCUT2D eigenvalue weighted by molar-refractivity contribution is 0.198. The summed E-state index contributed by atoms with van der Waals surface area (Å²) in [5.41, 5.74) is 1.08. The van der Waals surface area contributed by atoms with Crippen molar-refractivity contribution in [2.75, 3.05) is 25.0 Å². The maximum atomic E-state index is 5.88. The van der Waals surface area contributed by atoms with Crippen molar-refractivity contribution in [3.05, 3.63) is 23.5 Å². The third kappa shape index (κ3) is 4.14. The molecule has 4 heteroatoms. The summed E-state index contributed by atoms with van der Waals surface area (Å²) in [7, 11) is 0. The minimum Gasteiger partial charge on any atom is -0.382 e. The van der Waals surface area contributed by atoms with E-state index in [1.54, 1.807) is 6.20 Å². The van der Waals surface area contributed by atoms with Gasteiger partial charge in [0.25, 0.3) is 0 Å². The molecule has 1 aromatic heterocycles. The summed E-state index contributed by atoms with van der Waals surface area (Å²) in [6.07, 6.45) is 4.15. The van der Waals surface area contributed by atoms with Gasteiger partial charge in [0, 0.05) is 37.6 Å². The van der Waals surface area contributed by atoms with Crippen molar-refractivity contribution < 1.29 is 0 Å². The predicted octanol–water partition coefficient (Wildman–Crippen LogP) is 3.27. The molecule has 1 saturated heterocycles. The predicted molar refractivity (Wildman–Crippen MR) is 77.2 cm³/mol. The van der Waals surface area contributed by atoms with Gasteiger partial charge in [-0.1, -0.05) is 25.4 Å². The molecule has 0 radical (unpaired) electrons. The minimum atomic E-state index is 0.553. The Morgan fingerprint density at radius 3 is 2.78 bits per heavy atom. The molecule has 1 aromatic rings. The van der Waals surface area contributed by atoms with Crippen LogP contribution in [0.15, 0.2) is 18.3 Å². The monoisotopic (exact) mass is 267 g/mol. The van der Waals surface area contributed by atoms with Crippen LogP contribution in [0.2, 0.25) is 5.15 Å². The molecule has 2 heterocycles. The first-order valence-electron chi connectivity index (χ1n) is 6.74. The summed E-state index contributed by atoms with van der Waals surface area (Å²) in [4.78, 5) is 6.55. The average Bonchev–Trinajstić information content (AvgIpc) is 2.31. The van der Waals surface area contributed by atoms with Crippen molar-refractivity contribution in [2.45, 2.75) is 32.7 Å². The maximum absolute atomic E-state index is 5.88. The highest BCUT2D eigenvalue weighted by atomic mass is 35.5. The van der Waals surface area contributed by atoms with E-state index < -0.39 is 0 Å². The van der Waals surface area contributed by atoms with E-state index in [0.29, 0.717) is 11.2 Å². The van der Waals surface area contributed by atoms with Gasteiger partial charge in [-0.15, -0.1) is 0 Å². The molecule has 100 valence electrons. The summed E-state index contributed by atoms with van der Waals surface area (Å²) in [6.45, 7) is 8.16. The smallest absolute Gasteiger partial charge is 0.131 e. The molecule has 3 nitrogen and oxygen atoms in total. The zero-order chi connectivity index (χ0) is 13.0. The van der Waals surface area contributed by atoms with Crippen LogP contribution < -0.4 is 5.32 Å². The van der Waals surface area contributed by atoms with Gasteiger partial charge in [0.2, 0.25) is 0 Å². The lowest BCUT2D eigenvalue weighted by atomic mass is 10.0. The van der Waals surface area contributed by atoms with E-state index in [2.05, 4.69) is 29.0 Å². The van der Waals surface area contributed by atoms with Crippen molar-refractivity contribution in [3.8, 4) is 0 Å². The topological polar surface area (TPSA) is 28.2 Å². The SMILES string of the molecule is CC(C)CN1CCC(Nc2ccnc(Cl)c2)CC1. The van der Waals surface area contributed by atoms with Crippen LogP contribution in [0.1, 0.15) is 26.7 Å². The molecule has 1 N–H and O–H groups in total. The molecule has 0 saturated carbocycles. The Morgan fingerprint density at radius 2 is 2.17 bits per heavy atom. The van der Waals surface area contributed by atoms with Crippen LogP contribution in [0.4, 0.5) is 5.69 Å². The molecule has 1 fully saturated rings. The first-order valence-corrected chi connectivity index (χ1v) is 7.11. The van der Waals surface area contributed by atoms with Gasteiger partial charge in [0.1, 0.15) is 5.15 Å². The van der Waals surface area contributed by atoms with Crippen molar-refractivity contribution >= 4 is 17.3 Å². The fraction of sp³-hybridized carbons (Fsp3) is 0.643. The maximum Gasteiger partial charge on any atom is 0.131 e. The van der Waals surface area contributed by atoms with E-state index in [4.69, 9.17) is 11.6 Å². The van der Waals surface area contributed by atoms with E-state index in [0.717, 1.165) is 11.6 Å². The number of halogens is 1. The fourth-order valence-corrected chi connectivity index (χ4v) is 2.68. The second kappa shape index (κ2) is 6.39. The Kier molecular flexibility index (Phi) is 4.84. The Labute approximate surface area is 115 Å². The number of piperidine rings is 1. The van der Waals surface area contributed by atoms with Crippen LogP contribution >= 0.6 is 11.6 Å². The summed E-state index contributed by atoms with van der Waals surface area (Å²) >= 11 is 5.88. The molecule has 0 unspecified atom stereocenters. The van der Waals surface area contributed by atoms with Gasteiger partial charge in [0.05, 0.1) is 0 Å². The molecule has 0 bridgehead atoms. The molecule has 1 aliphatic rings. The van der Waals surface area contributed by atoms with Gasteiger partial charge in [-0.2, -0.15) is 0 Å². The zero-order valence-corrected chi connectivity index (χ0v) is 12.0. The van der Waals surface area contributed by atoms with Crippen LogP contribution in [0.3, 0.4) is 0 Å². The molecular weight excluding hydrogens is 246 g/mol. The minimum absolute atomic E-state index is 0.553. The van der Waals surface area contributed by atoms with Crippen molar-refractivity contribution in [1.82, 2.24) is 9.88 Å². The van der Waals surface area contributed by atoms with Gasteiger partial charge in [-0.3, -0.25) is 0 Å². The van der Waals surface area contributed by atoms with Crippen molar-refractivity contribution in [3.63, 3.8) is 0 Å². The number of hydrogen-bond acceptors (Lipinski definition) is 3. The second-order valence-corrected chi connectivity index (χ2v) is 5.87. The fourth-order valence-electron chi connectivity index (χ4n) is 2.50. The van der Waals surface area contributed by atoms with E-state index in [1.807, 2.05) is 12.1 Å². The van der Waals surface area contributed by atoms with Crippen LogP contribution in [-0.2, 0) is 0 Å². The number of nitrogens with zero attached hydrogens (tertiary/aromatic N) is 2. The summed E-state index contributed by atoms with van der Waals surface area (Å²) in [5.74, 6) is 0.758. The number of rotatable bonds is 4. The zero-order valence-electron chi connectivity index (χ0n) is 11.2. The molecule has 0 aliphatic carbocycles. The number of anilines is 1. The highest BCUT2D eigenvalue weighted by molar-refractivity contribution is 6.29. The van der Waals surface area contributed by atoms with E-state index in [9.17, 15) is 0 Å². The average molecular weight is 268 g/mol. The molecule has 0 aromatic carbocycles. The van der Waals surface area contributed by atoms with Crippen LogP contribution in [-0.4, -0.2) is 35.6 Å². The summed E-state index contributed by atoms with van der Waals surface area (Å²) in [5, 5.41) is 4.10. The third-order valence-electron chi connectivity index (χ3n) is 3.31.